The van der Waals surface area contributed by atoms with E-state index >= 15 is 0 Å². The molecule has 0 radical (unpaired) electrons. The van der Waals surface area contributed by atoms with Gasteiger partial charge in [-0.2, -0.15) is 4.98 Å². The Balaban J connectivity index is 3.13. The van der Waals surface area contributed by atoms with Crippen molar-refractivity contribution < 1.29 is 8.81 Å². The van der Waals surface area contributed by atoms with Crippen LogP contribution in [0.3, 0.4) is 0 Å². The third-order valence-electron chi connectivity index (χ3n) is 1.27. The Hall–Kier alpha value is -0.130. The summed E-state index contributed by atoms with van der Waals surface area (Å²) in [5.41, 5.74) is 0.528. The summed E-state index contributed by atoms with van der Waals surface area (Å²) in [5.74, 6) is 0. The molecule has 0 N–H and O–H groups in total. The smallest absolute Gasteiger partial charge is 0.382 e. The highest BCUT2D eigenvalue weighted by Crippen LogP contribution is 2.26. The lowest BCUT2D eigenvalue weighted by Crippen LogP contribution is -2.13. The number of aromatic nitrogens is 1. The lowest BCUT2D eigenvalue weighted by atomic mass is 9.93. The number of halogens is 2. The van der Waals surface area contributed by atoms with Crippen LogP contribution in [0.5, 0.6) is 0 Å². The van der Waals surface area contributed by atoms with E-state index in [-0.39, 0.29) is 5.41 Å². The molecule has 0 aliphatic heterocycles. The fraction of sp³-hybridized carbons (Fsp3) is 0.571. The summed E-state index contributed by atoms with van der Waals surface area (Å²) in [6.45, 7) is 5.89. The van der Waals surface area contributed by atoms with Crippen LogP contribution in [0.4, 0.5) is 4.39 Å². The Morgan fingerprint density at radius 2 is 2.00 bits per heavy atom. The zero-order chi connectivity index (χ0) is 8.65. The van der Waals surface area contributed by atoms with Crippen LogP contribution >= 0.6 is 22.6 Å². The molecule has 0 saturated heterocycles. The van der Waals surface area contributed by atoms with Crippen molar-refractivity contribution in [1.82, 2.24) is 4.98 Å². The third-order valence-corrected chi connectivity index (χ3v) is 2.00. The highest BCUT2D eigenvalue weighted by molar-refractivity contribution is 14.1. The molecule has 0 amide bonds. The lowest BCUT2D eigenvalue weighted by molar-refractivity contribution is 0.324. The summed E-state index contributed by atoms with van der Waals surface area (Å²) in [6.07, 6.45) is -0.751. The van der Waals surface area contributed by atoms with Crippen LogP contribution in [0.25, 0.3) is 0 Å². The monoisotopic (exact) mass is 269 g/mol. The minimum absolute atomic E-state index is 0.148. The van der Waals surface area contributed by atoms with Gasteiger partial charge in [-0.25, -0.2) is 0 Å². The molecule has 0 atom stereocenters. The number of rotatable bonds is 0. The maximum Gasteiger partial charge on any atom is 0.382 e. The van der Waals surface area contributed by atoms with Crippen molar-refractivity contribution in [3.05, 3.63) is 15.6 Å². The van der Waals surface area contributed by atoms with Gasteiger partial charge in [0.05, 0.1) is 0 Å². The molecule has 1 heterocycles. The van der Waals surface area contributed by atoms with Gasteiger partial charge in [0.2, 0.25) is 0 Å². The molecule has 2 nitrogen and oxygen atoms in total. The molecule has 0 spiro atoms. The van der Waals surface area contributed by atoms with Crippen LogP contribution in [0.2, 0.25) is 0 Å². The van der Waals surface area contributed by atoms with E-state index < -0.39 is 6.14 Å². The van der Waals surface area contributed by atoms with E-state index in [2.05, 4.69) is 9.40 Å². The van der Waals surface area contributed by atoms with Gasteiger partial charge in [0, 0.05) is 28.0 Å². The van der Waals surface area contributed by atoms with Gasteiger partial charge in [-0.3, -0.25) is 0 Å². The average molecular weight is 269 g/mol. The van der Waals surface area contributed by atoms with E-state index in [9.17, 15) is 4.39 Å². The molecule has 0 aromatic carbocycles. The predicted molar refractivity (Wildman–Crippen MR) is 47.9 cm³/mol. The van der Waals surface area contributed by atoms with Crippen LogP contribution in [0, 0.1) is 9.91 Å². The van der Waals surface area contributed by atoms with Crippen LogP contribution in [-0.4, -0.2) is 4.98 Å². The summed E-state index contributed by atoms with van der Waals surface area (Å²) in [5, 5.41) is 0. The van der Waals surface area contributed by atoms with Crippen LogP contribution in [0.15, 0.2) is 4.42 Å². The first kappa shape index (κ1) is 8.96. The molecule has 1 aromatic rings. The van der Waals surface area contributed by atoms with Crippen LogP contribution in [-0.2, 0) is 5.41 Å². The summed E-state index contributed by atoms with van der Waals surface area (Å²) >= 11 is 1.94. The molecule has 1 aromatic heterocycles. The van der Waals surface area contributed by atoms with Crippen LogP contribution < -0.4 is 0 Å². The summed E-state index contributed by atoms with van der Waals surface area (Å²) in [6, 6.07) is 0. The van der Waals surface area contributed by atoms with Gasteiger partial charge in [-0.1, -0.05) is 20.8 Å². The fourth-order valence-electron chi connectivity index (χ4n) is 0.739. The first-order valence-corrected chi connectivity index (χ1v) is 4.31. The number of oxazole rings is 1. The minimum atomic E-state index is -0.751. The molecule has 0 saturated carbocycles. The van der Waals surface area contributed by atoms with Crippen LogP contribution in [0.1, 0.15) is 26.5 Å². The quantitative estimate of drug-likeness (QED) is 0.677. The molecule has 0 fully saturated rings. The van der Waals surface area contributed by atoms with Crippen molar-refractivity contribution in [3.63, 3.8) is 0 Å². The Morgan fingerprint density at radius 3 is 2.18 bits per heavy atom. The van der Waals surface area contributed by atoms with Gasteiger partial charge in [-0.05, 0) is 0 Å². The molecule has 0 aliphatic carbocycles. The zero-order valence-corrected chi connectivity index (χ0v) is 8.77. The molecular weight excluding hydrogens is 260 g/mol. The van der Waals surface area contributed by atoms with Gasteiger partial charge in [-0.15, -0.1) is 4.39 Å². The topological polar surface area (TPSA) is 26.0 Å². The Bertz CT molecular complexity index is 264. The van der Waals surface area contributed by atoms with Crippen molar-refractivity contribution in [2.24, 2.45) is 0 Å². The van der Waals surface area contributed by atoms with Crippen molar-refractivity contribution in [2.75, 3.05) is 0 Å². The van der Waals surface area contributed by atoms with Gasteiger partial charge in [0.25, 0.3) is 0 Å². The highest BCUT2D eigenvalue weighted by atomic mass is 127. The molecule has 0 aliphatic rings. The summed E-state index contributed by atoms with van der Waals surface area (Å²) in [4.78, 5) is 3.64. The summed E-state index contributed by atoms with van der Waals surface area (Å²) < 4.78 is 17.6. The standard InChI is InChI=1S/C7H9FINO/c1-7(2,3)4-5(9)11-6(8)10-4/h1-3H3. The predicted octanol–water partition coefficient (Wildman–Crippen LogP) is 2.72. The minimum Gasteiger partial charge on any atom is -0.409 e. The fourth-order valence-corrected chi connectivity index (χ4v) is 1.85. The Kier molecular flexibility index (Phi) is 2.22. The van der Waals surface area contributed by atoms with Crippen molar-refractivity contribution in [1.29, 1.82) is 0 Å². The normalized spacial score (nSPS) is 12.1. The van der Waals surface area contributed by atoms with E-state index in [1.165, 1.54) is 0 Å². The third kappa shape index (κ3) is 1.91. The molecule has 11 heavy (non-hydrogen) atoms. The Labute approximate surface area is 78.3 Å². The molecule has 4 heteroatoms. The number of hydrogen-bond acceptors (Lipinski definition) is 2. The highest BCUT2D eigenvalue weighted by Gasteiger charge is 2.23. The van der Waals surface area contributed by atoms with E-state index in [1.807, 2.05) is 43.4 Å². The van der Waals surface area contributed by atoms with E-state index in [1.54, 1.807) is 0 Å². The van der Waals surface area contributed by atoms with E-state index in [0.717, 1.165) is 0 Å². The first-order valence-electron chi connectivity index (χ1n) is 3.23. The molecule has 0 unspecified atom stereocenters. The number of nitrogens with zero attached hydrogens (tertiary/aromatic N) is 1. The van der Waals surface area contributed by atoms with Gasteiger partial charge >= 0.3 is 6.14 Å². The molecule has 0 bridgehead atoms. The first-order chi connectivity index (χ1) is 4.91. The SMILES string of the molecule is CC(C)(C)c1nc(F)oc1I. The second-order valence-corrected chi connectivity index (χ2v) is 4.32. The maximum absolute atomic E-state index is 12.4. The van der Waals surface area contributed by atoms with Gasteiger partial charge in [0.15, 0.2) is 3.77 Å². The second kappa shape index (κ2) is 2.73. The summed E-state index contributed by atoms with van der Waals surface area (Å²) in [7, 11) is 0. The zero-order valence-electron chi connectivity index (χ0n) is 6.61. The second-order valence-electron chi connectivity index (χ2n) is 3.34. The van der Waals surface area contributed by atoms with Crippen molar-refractivity contribution in [3.8, 4) is 0 Å². The molecular formula is C7H9FINO. The molecule has 62 valence electrons. The largest absolute Gasteiger partial charge is 0.409 e. The van der Waals surface area contributed by atoms with Gasteiger partial charge < -0.3 is 4.42 Å². The van der Waals surface area contributed by atoms with E-state index in [0.29, 0.717) is 9.46 Å². The molecule has 1 rings (SSSR count). The lowest BCUT2D eigenvalue weighted by Gasteiger charge is -2.13. The number of hydrogen-bond donors (Lipinski definition) is 0. The Morgan fingerprint density at radius 1 is 1.45 bits per heavy atom. The average Bonchev–Trinajstić information content (AvgIpc) is 2.08. The van der Waals surface area contributed by atoms with Crippen molar-refractivity contribution in [2.45, 2.75) is 26.2 Å². The maximum atomic E-state index is 12.4. The van der Waals surface area contributed by atoms with Crippen molar-refractivity contribution >= 4 is 22.6 Å². The van der Waals surface area contributed by atoms with Gasteiger partial charge in [0.1, 0.15) is 5.69 Å². The van der Waals surface area contributed by atoms with E-state index in [4.69, 9.17) is 0 Å².